The fourth-order valence-electron chi connectivity index (χ4n) is 1.79. The Morgan fingerprint density at radius 3 is 2.52 bits per heavy atom. The molecule has 2 rings (SSSR count). The molecule has 0 aliphatic rings. The SMILES string of the molecule is COC(=O)C(Br)COc1ccc(-c2ccccc2)cc1Cl. The first-order chi connectivity index (χ1) is 10.1. The molecule has 0 spiro atoms. The van der Waals surface area contributed by atoms with Crippen molar-refractivity contribution in [2.45, 2.75) is 4.83 Å². The molecule has 0 heterocycles. The molecule has 3 nitrogen and oxygen atoms in total. The van der Waals surface area contributed by atoms with Crippen molar-refractivity contribution < 1.29 is 14.3 Å². The average Bonchev–Trinajstić information content (AvgIpc) is 2.53. The van der Waals surface area contributed by atoms with Crippen LogP contribution >= 0.6 is 27.5 Å². The number of alkyl halides is 1. The third-order valence-electron chi connectivity index (χ3n) is 2.88. The number of ether oxygens (including phenoxy) is 2. The molecular weight excluding hydrogens is 356 g/mol. The van der Waals surface area contributed by atoms with E-state index < -0.39 is 4.83 Å². The Bertz CT molecular complexity index is 616. The average molecular weight is 370 g/mol. The molecule has 2 aromatic carbocycles. The monoisotopic (exact) mass is 368 g/mol. The Kier molecular flexibility index (Phi) is 5.65. The first-order valence-corrected chi connectivity index (χ1v) is 7.61. The van der Waals surface area contributed by atoms with Crippen LogP contribution in [0, 0.1) is 0 Å². The first-order valence-electron chi connectivity index (χ1n) is 6.31. The molecule has 21 heavy (non-hydrogen) atoms. The van der Waals surface area contributed by atoms with Gasteiger partial charge >= 0.3 is 5.97 Å². The van der Waals surface area contributed by atoms with Gasteiger partial charge in [0, 0.05) is 0 Å². The number of halogens is 2. The van der Waals surface area contributed by atoms with Crippen LogP contribution in [0.4, 0.5) is 0 Å². The summed E-state index contributed by atoms with van der Waals surface area (Å²) in [6.45, 7) is 0.150. The summed E-state index contributed by atoms with van der Waals surface area (Å²) in [4.78, 5) is 10.8. The molecule has 5 heteroatoms. The van der Waals surface area contributed by atoms with Crippen LogP contribution in [-0.2, 0) is 9.53 Å². The van der Waals surface area contributed by atoms with Crippen molar-refractivity contribution in [2.75, 3.05) is 13.7 Å². The third kappa shape index (κ3) is 4.22. The molecular formula is C16H14BrClO3. The minimum atomic E-state index is -0.521. The zero-order valence-corrected chi connectivity index (χ0v) is 13.7. The minimum absolute atomic E-state index is 0.150. The van der Waals surface area contributed by atoms with Gasteiger partial charge in [0.1, 0.15) is 17.2 Å². The van der Waals surface area contributed by atoms with E-state index in [-0.39, 0.29) is 12.6 Å². The number of methoxy groups -OCH3 is 1. The van der Waals surface area contributed by atoms with E-state index in [0.717, 1.165) is 11.1 Å². The lowest BCUT2D eigenvalue weighted by Crippen LogP contribution is -2.22. The molecule has 0 bridgehead atoms. The van der Waals surface area contributed by atoms with Crippen molar-refractivity contribution in [1.29, 1.82) is 0 Å². The zero-order chi connectivity index (χ0) is 15.2. The Morgan fingerprint density at radius 2 is 1.90 bits per heavy atom. The summed E-state index contributed by atoms with van der Waals surface area (Å²) in [5.74, 6) is 0.150. The highest BCUT2D eigenvalue weighted by Crippen LogP contribution is 2.30. The molecule has 0 amide bonds. The Balaban J connectivity index is 2.08. The molecule has 0 aliphatic heterocycles. The molecule has 1 unspecified atom stereocenters. The lowest BCUT2D eigenvalue weighted by molar-refractivity contribution is -0.140. The smallest absolute Gasteiger partial charge is 0.322 e. The summed E-state index contributed by atoms with van der Waals surface area (Å²) in [5, 5.41) is 0.501. The Hall–Kier alpha value is -1.52. The van der Waals surface area contributed by atoms with Crippen LogP contribution in [0.3, 0.4) is 0 Å². The first kappa shape index (κ1) is 15.9. The van der Waals surface area contributed by atoms with Gasteiger partial charge in [-0.2, -0.15) is 0 Å². The fourth-order valence-corrected chi connectivity index (χ4v) is 2.34. The summed E-state index contributed by atoms with van der Waals surface area (Å²) in [6.07, 6.45) is 0. The van der Waals surface area contributed by atoms with E-state index in [2.05, 4.69) is 20.7 Å². The number of rotatable bonds is 5. The molecule has 0 saturated heterocycles. The second-order valence-corrected chi connectivity index (χ2v) is 5.83. The number of hydrogen-bond acceptors (Lipinski definition) is 3. The number of carbonyl (C=O) groups excluding carboxylic acids is 1. The van der Waals surface area contributed by atoms with Crippen LogP contribution in [0.1, 0.15) is 0 Å². The standard InChI is InChI=1S/C16H14BrClO3/c1-20-16(19)13(17)10-21-15-8-7-12(9-14(15)18)11-5-3-2-4-6-11/h2-9,13H,10H2,1H3. The van der Waals surface area contributed by atoms with Crippen molar-refractivity contribution in [3.05, 3.63) is 53.6 Å². The van der Waals surface area contributed by atoms with Crippen LogP contribution in [0.5, 0.6) is 5.75 Å². The highest BCUT2D eigenvalue weighted by Gasteiger charge is 2.16. The third-order valence-corrected chi connectivity index (χ3v) is 3.81. The minimum Gasteiger partial charge on any atom is -0.490 e. The van der Waals surface area contributed by atoms with E-state index in [1.807, 2.05) is 42.5 Å². The number of esters is 1. The second-order valence-electron chi connectivity index (χ2n) is 4.31. The van der Waals surface area contributed by atoms with Crippen LogP contribution in [0.25, 0.3) is 11.1 Å². The topological polar surface area (TPSA) is 35.5 Å². The zero-order valence-electron chi connectivity index (χ0n) is 11.4. The number of benzene rings is 2. The molecule has 0 aromatic heterocycles. The van der Waals surface area contributed by atoms with E-state index in [1.54, 1.807) is 6.07 Å². The van der Waals surface area contributed by atoms with Gasteiger partial charge in [-0.15, -0.1) is 0 Å². The van der Waals surface area contributed by atoms with Gasteiger partial charge in [0.15, 0.2) is 0 Å². The van der Waals surface area contributed by atoms with Crippen molar-refractivity contribution in [2.24, 2.45) is 0 Å². The van der Waals surface area contributed by atoms with E-state index >= 15 is 0 Å². The van der Waals surface area contributed by atoms with E-state index in [1.165, 1.54) is 7.11 Å². The highest BCUT2D eigenvalue weighted by atomic mass is 79.9. The van der Waals surface area contributed by atoms with Crippen LogP contribution in [0.15, 0.2) is 48.5 Å². The van der Waals surface area contributed by atoms with Gasteiger partial charge in [0.25, 0.3) is 0 Å². The Morgan fingerprint density at radius 1 is 1.19 bits per heavy atom. The van der Waals surface area contributed by atoms with E-state index in [4.69, 9.17) is 16.3 Å². The van der Waals surface area contributed by atoms with Gasteiger partial charge in [0.2, 0.25) is 0 Å². The Labute approximate surface area is 137 Å². The van der Waals surface area contributed by atoms with E-state index in [9.17, 15) is 4.79 Å². The van der Waals surface area contributed by atoms with Gasteiger partial charge in [-0.1, -0.05) is 63.9 Å². The van der Waals surface area contributed by atoms with Gasteiger partial charge in [-0.05, 0) is 23.3 Å². The second kappa shape index (κ2) is 7.48. The molecule has 0 saturated carbocycles. The maximum absolute atomic E-state index is 11.3. The van der Waals surface area contributed by atoms with Gasteiger partial charge in [-0.3, -0.25) is 4.79 Å². The predicted octanol–water partition coefficient (Wildman–Crippen LogP) is 4.32. The molecule has 110 valence electrons. The largest absolute Gasteiger partial charge is 0.490 e. The van der Waals surface area contributed by atoms with Gasteiger partial charge in [0.05, 0.1) is 12.1 Å². The molecule has 1 atom stereocenters. The fraction of sp³-hybridized carbons (Fsp3) is 0.188. The van der Waals surface area contributed by atoms with Gasteiger partial charge < -0.3 is 9.47 Å². The quantitative estimate of drug-likeness (QED) is 0.581. The molecule has 0 N–H and O–H groups in total. The van der Waals surface area contributed by atoms with Crippen molar-refractivity contribution in [3.8, 4) is 16.9 Å². The number of hydrogen-bond donors (Lipinski definition) is 0. The lowest BCUT2D eigenvalue weighted by atomic mass is 10.1. The van der Waals surface area contributed by atoms with Gasteiger partial charge in [-0.25, -0.2) is 0 Å². The predicted molar refractivity (Wildman–Crippen MR) is 87.1 cm³/mol. The molecule has 0 fully saturated rings. The van der Waals surface area contributed by atoms with Crippen LogP contribution < -0.4 is 4.74 Å². The molecule has 0 radical (unpaired) electrons. The highest BCUT2D eigenvalue weighted by molar-refractivity contribution is 9.10. The van der Waals surface area contributed by atoms with Crippen LogP contribution in [-0.4, -0.2) is 24.5 Å². The van der Waals surface area contributed by atoms with Crippen LogP contribution in [0.2, 0.25) is 5.02 Å². The summed E-state index contributed by atoms with van der Waals surface area (Å²) in [7, 11) is 1.33. The summed E-state index contributed by atoms with van der Waals surface area (Å²) in [6, 6.07) is 15.5. The molecule has 0 aliphatic carbocycles. The van der Waals surface area contributed by atoms with Crippen molar-refractivity contribution >= 4 is 33.5 Å². The summed E-state index contributed by atoms with van der Waals surface area (Å²) < 4.78 is 10.1. The number of carbonyl (C=O) groups is 1. The molecule has 2 aromatic rings. The summed E-state index contributed by atoms with van der Waals surface area (Å²) >= 11 is 9.41. The van der Waals surface area contributed by atoms with Crippen molar-refractivity contribution in [3.63, 3.8) is 0 Å². The van der Waals surface area contributed by atoms with Crippen molar-refractivity contribution in [1.82, 2.24) is 0 Å². The van der Waals surface area contributed by atoms with E-state index in [0.29, 0.717) is 10.8 Å². The maximum Gasteiger partial charge on any atom is 0.322 e. The summed E-state index contributed by atoms with van der Waals surface area (Å²) in [5.41, 5.74) is 2.09. The normalized spacial score (nSPS) is 11.8. The maximum atomic E-state index is 11.3. The lowest BCUT2D eigenvalue weighted by Gasteiger charge is -2.12.